The lowest BCUT2D eigenvalue weighted by molar-refractivity contribution is -0.116. The molecule has 1 amide bonds. The molecule has 3 nitrogen and oxygen atoms in total. The van der Waals surface area contributed by atoms with Gasteiger partial charge in [0.15, 0.2) is 0 Å². The van der Waals surface area contributed by atoms with Gasteiger partial charge in [0, 0.05) is 16.5 Å². The molecule has 0 radical (unpaired) electrons. The Bertz CT molecular complexity index is 715. The zero-order chi connectivity index (χ0) is 16.7. The largest absolute Gasteiger partial charge is 0.308 e. The third-order valence-corrected chi connectivity index (χ3v) is 4.32. The fourth-order valence-electron chi connectivity index (χ4n) is 1.97. The van der Waals surface area contributed by atoms with E-state index in [1.165, 1.54) is 28.8 Å². The van der Waals surface area contributed by atoms with Crippen LogP contribution < -0.4 is 4.90 Å². The van der Waals surface area contributed by atoms with Crippen molar-refractivity contribution in [2.75, 3.05) is 17.2 Å². The van der Waals surface area contributed by atoms with Crippen LogP contribution in [0.3, 0.4) is 0 Å². The summed E-state index contributed by atoms with van der Waals surface area (Å²) in [5.41, 5.74) is 0.199. The van der Waals surface area contributed by atoms with Gasteiger partial charge in [0.2, 0.25) is 5.91 Å². The summed E-state index contributed by atoms with van der Waals surface area (Å²) in [5, 5.41) is 9.38. The fraction of sp³-hybridized carbons (Fsp3) is 0.176. The predicted octanol–water partition coefficient (Wildman–Crippen LogP) is 4.52. The number of amides is 1. The zero-order valence-electron chi connectivity index (χ0n) is 12.2. The van der Waals surface area contributed by atoms with E-state index in [1.807, 2.05) is 18.2 Å². The van der Waals surface area contributed by atoms with E-state index in [1.54, 1.807) is 24.3 Å². The van der Waals surface area contributed by atoms with Crippen molar-refractivity contribution in [3.8, 4) is 6.07 Å². The maximum absolute atomic E-state index is 13.9. The van der Waals surface area contributed by atoms with Gasteiger partial charge in [0.05, 0.1) is 23.9 Å². The number of nitriles is 1. The van der Waals surface area contributed by atoms with Crippen LogP contribution in [0.1, 0.15) is 6.42 Å². The average molecular weight is 349 g/mol. The first kappa shape index (κ1) is 17.3. The van der Waals surface area contributed by atoms with E-state index in [9.17, 15) is 9.18 Å². The molecule has 2 aromatic rings. The second kappa shape index (κ2) is 8.56. The summed E-state index contributed by atoms with van der Waals surface area (Å²) in [4.78, 5) is 14.7. The van der Waals surface area contributed by atoms with Gasteiger partial charge in [-0.05, 0) is 36.4 Å². The molecule has 23 heavy (non-hydrogen) atoms. The molecule has 0 N–H and O–H groups in total. The van der Waals surface area contributed by atoms with Crippen molar-refractivity contribution in [1.82, 2.24) is 0 Å². The number of halogens is 2. The Kier molecular flexibility index (Phi) is 6.45. The van der Waals surface area contributed by atoms with Gasteiger partial charge in [0.25, 0.3) is 0 Å². The third-order valence-electron chi connectivity index (χ3n) is 3.07. The van der Waals surface area contributed by atoms with Crippen LogP contribution in [0.15, 0.2) is 53.4 Å². The van der Waals surface area contributed by atoms with Crippen LogP contribution >= 0.6 is 23.4 Å². The van der Waals surface area contributed by atoms with Crippen molar-refractivity contribution in [2.45, 2.75) is 11.3 Å². The number of carbonyl (C=O) groups is 1. The molecule has 2 rings (SSSR count). The minimum Gasteiger partial charge on any atom is -0.308 e. The molecule has 0 aliphatic carbocycles. The van der Waals surface area contributed by atoms with E-state index in [2.05, 4.69) is 0 Å². The van der Waals surface area contributed by atoms with Gasteiger partial charge in [-0.25, -0.2) is 4.39 Å². The van der Waals surface area contributed by atoms with Crippen LogP contribution in [0, 0.1) is 17.1 Å². The lowest BCUT2D eigenvalue weighted by Gasteiger charge is -2.22. The first-order valence-electron chi connectivity index (χ1n) is 6.92. The zero-order valence-corrected chi connectivity index (χ0v) is 13.8. The van der Waals surface area contributed by atoms with Crippen molar-refractivity contribution in [3.63, 3.8) is 0 Å². The number of hydrogen-bond acceptors (Lipinski definition) is 3. The smallest absolute Gasteiger partial charge is 0.237 e. The van der Waals surface area contributed by atoms with E-state index < -0.39 is 5.82 Å². The molecule has 0 spiro atoms. The highest BCUT2D eigenvalue weighted by atomic mass is 35.5. The van der Waals surface area contributed by atoms with Gasteiger partial charge in [-0.3, -0.25) is 4.79 Å². The quantitative estimate of drug-likeness (QED) is 0.721. The first-order valence-corrected chi connectivity index (χ1v) is 8.28. The molecule has 0 bridgehead atoms. The maximum Gasteiger partial charge on any atom is 0.237 e. The summed E-state index contributed by atoms with van der Waals surface area (Å²) >= 11 is 7.17. The van der Waals surface area contributed by atoms with Gasteiger partial charge in [-0.15, -0.1) is 11.8 Å². The number of para-hydroxylation sites is 1. The molecule has 0 heterocycles. The molecule has 0 fully saturated rings. The van der Waals surface area contributed by atoms with Crippen LogP contribution in [0.5, 0.6) is 0 Å². The molecule has 0 atom stereocenters. The average Bonchev–Trinajstić information content (AvgIpc) is 2.56. The van der Waals surface area contributed by atoms with Crippen LogP contribution in [0.4, 0.5) is 10.1 Å². The summed E-state index contributed by atoms with van der Waals surface area (Å²) in [6.07, 6.45) is 0.145. The molecule has 118 valence electrons. The Hall–Kier alpha value is -2.03. The number of anilines is 1. The Balaban J connectivity index is 2.09. The second-order valence-corrected chi connectivity index (χ2v) is 6.13. The molecule has 0 unspecified atom stereocenters. The van der Waals surface area contributed by atoms with E-state index >= 15 is 0 Å². The Morgan fingerprint density at radius 2 is 1.91 bits per heavy atom. The Labute approximate surface area is 143 Å². The van der Waals surface area contributed by atoms with Crippen LogP contribution in [-0.2, 0) is 4.79 Å². The molecule has 0 aromatic heterocycles. The highest BCUT2D eigenvalue weighted by molar-refractivity contribution is 8.00. The van der Waals surface area contributed by atoms with Crippen molar-refractivity contribution < 1.29 is 9.18 Å². The SMILES string of the molecule is N#CCCN(C(=O)CSc1ccc(Cl)cc1)c1ccccc1F. The van der Waals surface area contributed by atoms with Gasteiger partial charge in [-0.2, -0.15) is 5.26 Å². The summed E-state index contributed by atoms with van der Waals surface area (Å²) < 4.78 is 13.9. The standard InChI is InChI=1S/C17H14ClFN2OS/c18-13-6-8-14(9-7-13)23-12-17(22)21(11-3-10-20)16-5-2-1-4-15(16)19/h1-2,4-9H,3,11-12H2. The number of rotatable bonds is 6. The first-order chi connectivity index (χ1) is 11.1. The van der Waals surface area contributed by atoms with Gasteiger partial charge in [0.1, 0.15) is 5.82 Å². The van der Waals surface area contributed by atoms with Crippen molar-refractivity contribution >= 4 is 35.0 Å². The van der Waals surface area contributed by atoms with E-state index in [4.69, 9.17) is 16.9 Å². The van der Waals surface area contributed by atoms with Gasteiger partial charge < -0.3 is 4.90 Å². The minimum atomic E-state index is -0.477. The van der Waals surface area contributed by atoms with Gasteiger partial charge in [-0.1, -0.05) is 23.7 Å². The van der Waals surface area contributed by atoms with Crippen molar-refractivity contribution in [3.05, 3.63) is 59.4 Å². The normalized spacial score (nSPS) is 10.1. The summed E-state index contributed by atoms with van der Waals surface area (Å²) in [7, 11) is 0. The molecule has 0 aliphatic heterocycles. The van der Waals surface area contributed by atoms with Crippen molar-refractivity contribution in [1.29, 1.82) is 5.26 Å². The lowest BCUT2D eigenvalue weighted by Crippen LogP contribution is -2.34. The van der Waals surface area contributed by atoms with E-state index in [0.717, 1.165) is 4.90 Å². The van der Waals surface area contributed by atoms with Crippen molar-refractivity contribution in [2.24, 2.45) is 0 Å². The number of benzene rings is 2. The van der Waals surface area contributed by atoms with Crippen LogP contribution in [0.2, 0.25) is 5.02 Å². The Morgan fingerprint density at radius 3 is 2.57 bits per heavy atom. The van der Waals surface area contributed by atoms with Crippen LogP contribution in [-0.4, -0.2) is 18.2 Å². The van der Waals surface area contributed by atoms with E-state index in [-0.39, 0.29) is 30.3 Å². The molecular weight excluding hydrogens is 335 g/mol. The van der Waals surface area contributed by atoms with Gasteiger partial charge >= 0.3 is 0 Å². The summed E-state index contributed by atoms with van der Waals surface area (Å²) in [5.74, 6) is -0.568. The highest BCUT2D eigenvalue weighted by Crippen LogP contribution is 2.24. The molecule has 0 aliphatic rings. The molecular formula is C17H14ClFN2OS. The topological polar surface area (TPSA) is 44.1 Å². The maximum atomic E-state index is 13.9. The third kappa shape index (κ3) is 4.98. The molecule has 2 aromatic carbocycles. The number of nitrogens with zero attached hydrogens (tertiary/aromatic N) is 2. The summed E-state index contributed by atoms with van der Waals surface area (Å²) in [6.45, 7) is 0.164. The predicted molar refractivity (Wildman–Crippen MR) is 91.2 cm³/mol. The number of hydrogen-bond donors (Lipinski definition) is 0. The summed E-state index contributed by atoms with van der Waals surface area (Å²) in [6, 6.07) is 15.2. The molecule has 0 saturated heterocycles. The lowest BCUT2D eigenvalue weighted by atomic mass is 10.2. The number of carbonyl (C=O) groups excluding carboxylic acids is 1. The second-order valence-electron chi connectivity index (χ2n) is 4.65. The molecule has 6 heteroatoms. The Morgan fingerprint density at radius 1 is 1.22 bits per heavy atom. The highest BCUT2D eigenvalue weighted by Gasteiger charge is 2.18. The minimum absolute atomic E-state index is 0.145. The molecule has 0 saturated carbocycles. The fourth-order valence-corrected chi connectivity index (χ4v) is 2.87. The monoisotopic (exact) mass is 348 g/mol. The number of thioether (sulfide) groups is 1. The van der Waals surface area contributed by atoms with E-state index in [0.29, 0.717) is 5.02 Å². The van der Waals surface area contributed by atoms with Crippen LogP contribution in [0.25, 0.3) is 0 Å².